The summed E-state index contributed by atoms with van der Waals surface area (Å²) in [6.07, 6.45) is 6.67. The highest BCUT2D eigenvalue weighted by atomic mass is 16.2. The highest BCUT2D eigenvalue weighted by molar-refractivity contribution is 5.96. The summed E-state index contributed by atoms with van der Waals surface area (Å²) in [4.78, 5) is 17.7. The number of carbonyl (C=O) groups is 1. The molecule has 0 bridgehead atoms. The number of hydrogen-bond donors (Lipinski definition) is 0. The van der Waals surface area contributed by atoms with Gasteiger partial charge in [-0.1, -0.05) is 6.42 Å². The van der Waals surface area contributed by atoms with Gasteiger partial charge in [0.25, 0.3) is 5.91 Å². The summed E-state index contributed by atoms with van der Waals surface area (Å²) >= 11 is 0. The second-order valence-electron chi connectivity index (χ2n) is 4.52. The monoisotopic (exact) mass is 229 g/mol. The van der Waals surface area contributed by atoms with E-state index in [2.05, 4.69) is 4.98 Å². The third-order valence-corrected chi connectivity index (χ3v) is 3.28. The predicted molar refractivity (Wildman–Crippen MR) is 63.3 cm³/mol. The van der Waals surface area contributed by atoms with Crippen LogP contribution in [0, 0.1) is 17.2 Å². The second kappa shape index (κ2) is 4.96. The molecule has 1 fully saturated rings. The number of rotatable bonds is 3. The fourth-order valence-electron chi connectivity index (χ4n) is 2.01. The normalized spacial score (nSPS) is 14.8. The Morgan fingerprint density at radius 1 is 1.65 bits per heavy atom. The summed E-state index contributed by atoms with van der Waals surface area (Å²) in [6.45, 7) is 0.776. The van der Waals surface area contributed by atoms with Gasteiger partial charge in [0.2, 0.25) is 0 Å². The van der Waals surface area contributed by atoms with Gasteiger partial charge in [-0.2, -0.15) is 5.26 Å². The lowest BCUT2D eigenvalue weighted by Gasteiger charge is -2.30. The van der Waals surface area contributed by atoms with E-state index in [-0.39, 0.29) is 5.91 Å². The molecule has 0 unspecified atom stereocenters. The quantitative estimate of drug-likeness (QED) is 0.794. The van der Waals surface area contributed by atoms with Crippen LogP contribution >= 0.6 is 0 Å². The van der Waals surface area contributed by atoms with Crippen LogP contribution in [0.3, 0.4) is 0 Å². The van der Waals surface area contributed by atoms with Gasteiger partial charge in [0, 0.05) is 26.0 Å². The third kappa shape index (κ3) is 2.44. The van der Waals surface area contributed by atoms with E-state index in [1.165, 1.54) is 31.7 Å². The molecular formula is C13H15N3O. The number of amides is 1. The van der Waals surface area contributed by atoms with Crippen molar-refractivity contribution in [1.29, 1.82) is 5.26 Å². The van der Waals surface area contributed by atoms with E-state index in [9.17, 15) is 4.79 Å². The van der Waals surface area contributed by atoms with Crippen LogP contribution in [0.4, 0.5) is 0 Å². The van der Waals surface area contributed by atoms with Crippen molar-refractivity contribution in [2.24, 2.45) is 5.92 Å². The summed E-state index contributed by atoms with van der Waals surface area (Å²) < 4.78 is 0. The van der Waals surface area contributed by atoms with Crippen molar-refractivity contribution in [3.05, 3.63) is 29.6 Å². The van der Waals surface area contributed by atoms with Gasteiger partial charge < -0.3 is 4.90 Å². The highest BCUT2D eigenvalue weighted by Gasteiger charge is 2.23. The van der Waals surface area contributed by atoms with Gasteiger partial charge in [0.1, 0.15) is 6.07 Å². The average Bonchev–Trinajstić information content (AvgIpc) is 2.32. The van der Waals surface area contributed by atoms with E-state index in [1.54, 1.807) is 18.0 Å². The SMILES string of the molecule is CN(CC1CCC1)C(=O)c1cnccc1C#N. The Bertz CT molecular complexity index is 460. The maximum atomic E-state index is 12.1. The summed E-state index contributed by atoms with van der Waals surface area (Å²) in [5.74, 6) is 0.521. The van der Waals surface area contributed by atoms with Crippen molar-refractivity contribution in [2.45, 2.75) is 19.3 Å². The first kappa shape index (κ1) is 11.6. The zero-order chi connectivity index (χ0) is 12.3. The molecule has 0 N–H and O–H groups in total. The zero-order valence-corrected chi connectivity index (χ0v) is 9.89. The van der Waals surface area contributed by atoms with Crippen molar-refractivity contribution < 1.29 is 4.79 Å². The molecule has 1 aliphatic carbocycles. The fourth-order valence-corrected chi connectivity index (χ4v) is 2.01. The summed E-state index contributed by atoms with van der Waals surface area (Å²) in [5, 5.41) is 8.94. The van der Waals surface area contributed by atoms with Gasteiger partial charge in [0.15, 0.2) is 0 Å². The fraction of sp³-hybridized carbons (Fsp3) is 0.462. The molecule has 2 rings (SSSR count). The predicted octanol–water partition coefficient (Wildman–Crippen LogP) is 1.83. The van der Waals surface area contributed by atoms with Crippen LogP contribution in [0.5, 0.6) is 0 Å². The van der Waals surface area contributed by atoms with Crippen LogP contribution in [0.15, 0.2) is 18.5 Å². The Morgan fingerprint density at radius 2 is 2.41 bits per heavy atom. The van der Waals surface area contributed by atoms with Gasteiger partial charge in [-0.05, 0) is 24.8 Å². The molecule has 1 saturated carbocycles. The molecule has 1 heterocycles. The van der Waals surface area contributed by atoms with Gasteiger partial charge in [-0.15, -0.1) is 0 Å². The molecule has 4 heteroatoms. The number of aromatic nitrogens is 1. The van der Waals surface area contributed by atoms with Gasteiger partial charge >= 0.3 is 0 Å². The Kier molecular flexibility index (Phi) is 3.38. The van der Waals surface area contributed by atoms with E-state index < -0.39 is 0 Å². The van der Waals surface area contributed by atoms with Crippen LogP contribution in [0.1, 0.15) is 35.2 Å². The van der Waals surface area contributed by atoms with Crippen LogP contribution < -0.4 is 0 Å². The van der Waals surface area contributed by atoms with Crippen molar-refractivity contribution >= 4 is 5.91 Å². The largest absolute Gasteiger partial charge is 0.341 e. The lowest BCUT2D eigenvalue weighted by Crippen LogP contribution is -2.34. The standard InChI is InChI=1S/C13H15N3O/c1-16(9-10-3-2-4-10)13(17)12-8-15-6-5-11(12)7-14/h5-6,8,10H,2-4,9H2,1H3. The van der Waals surface area contributed by atoms with Crippen molar-refractivity contribution in [1.82, 2.24) is 9.88 Å². The van der Waals surface area contributed by atoms with Gasteiger partial charge in [-0.3, -0.25) is 9.78 Å². The molecule has 1 aromatic heterocycles. The molecule has 0 aromatic carbocycles. The maximum absolute atomic E-state index is 12.1. The summed E-state index contributed by atoms with van der Waals surface area (Å²) in [5.41, 5.74) is 0.794. The first-order valence-corrected chi connectivity index (χ1v) is 5.82. The smallest absolute Gasteiger partial charge is 0.256 e. The minimum absolute atomic E-state index is 0.110. The molecule has 1 aliphatic rings. The Hall–Kier alpha value is -1.89. The number of carbonyl (C=O) groups excluding carboxylic acids is 1. The molecule has 0 atom stereocenters. The van der Waals surface area contributed by atoms with Crippen molar-refractivity contribution in [3.63, 3.8) is 0 Å². The minimum atomic E-state index is -0.110. The van der Waals surface area contributed by atoms with E-state index in [0.29, 0.717) is 17.0 Å². The van der Waals surface area contributed by atoms with Crippen LogP contribution in [0.2, 0.25) is 0 Å². The number of nitriles is 1. The average molecular weight is 229 g/mol. The molecule has 0 saturated heterocycles. The molecule has 0 radical (unpaired) electrons. The summed E-state index contributed by atoms with van der Waals surface area (Å²) in [6, 6.07) is 3.60. The number of hydrogen-bond acceptors (Lipinski definition) is 3. The molecule has 0 spiro atoms. The lowest BCUT2D eigenvalue weighted by atomic mass is 9.85. The Balaban J connectivity index is 2.10. The molecule has 17 heavy (non-hydrogen) atoms. The highest BCUT2D eigenvalue weighted by Crippen LogP contribution is 2.27. The molecular weight excluding hydrogens is 214 g/mol. The number of nitrogens with zero attached hydrogens (tertiary/aromatic N) is 3. The van der Waals surface area contributed by atoms with E-state index >= 15 is 0 Å². The minimum Gasteiger partial charge on any atom is -0.341 e. The first-order chi connectivity index (χ1) is 8.22. The molecule has 0 aliphatic heterocycles. The van der Waals surface area contributed by atoms with E-state index in [1.807, 2.05) is 6.07 Å². The molecule has 1 amide bonds. The third-order valence-electron chi connectivity index (χ3n) is 3.28. The van der Waals surface area contributed by atoms with Crippen molar-refractivity contribution in [3.8, 4) is 6.07 Å². The maximum Gasteiger partial charge on any atom is 0.256 e. The lowest BCUT2D eigenvalue weighted by molar-refractivity contribution is 0.0744. The van der Waals surface area contributed by atoms with E-state index in [4.69, 9.17) is 5.26 Å². The molecule has 88 valence electrons. The molecule has 4 nitrogen and oxygen atoms in total. The van der Waals surface area contributed by atoms with Crippen LogP contribution in [-0.2, 0) is 0 Å². The molecule has 1 aromatic rings. The van der Waals surface area contributed by atoms with Crippen molar-refractivity contribution in [2.75, 3.05) is 13.6 Å². The number of pyridine rings is 1. The van der Waals surface area contributed by atoms with Crippen LogP contribution in [0.25, 0.3) is 0 Å². The second-order valence-corrected chi connectivity index (χ2v) is 4.52. The zero-order valence-electron chi connectivity index (χ0n) is 9.89. The van der Waals surface area contributed by atoms with E-state index in [0.717, 1.165) is 6.54 Å². The summed E-state index contributed by atoms with van der Waals surface area (Å²) in [7, 11) is 1.79. The first-order valence-electron chi connectivity index (χ1n) is 5.82. The Labute approximate surface area is 101 Å². The van der Waals surface area contributed by atoms with Crippen LogP contribution in [-0.4, -0.2) is 29.4 Å². The topological polar surface area (TPSA) is 57.0 Å². The Morgan fingerprint density at radius 3 is 3.00 bits per heavy atom. The van der Waals surface area contributed by atoms with Gasteiger partial charge in [0.05, 0.1) is 11.1 Å². The van der Waals surface area contributed by atoms with Gasteiger partial charge in [-0.25, -0.2) is 0 Å².